The highest BCUT2D eigenvalue weighted by atomic mass is 16.5. The summed E-state index contributed by atoms with van der Waals surface area (Å²) in [6.07, 6.45) is 7.87. The van der Waals surface area contributed by atoms with E-state index in [4.69, 9.17) is 10.5 Å². The lowest BCUT2D eigenvalue weighted by atomic mass is 10.0. The molecule has 1 aliphatic carbocycles. The standard InChI is InChI=1S/C23H27N9O2/c1-14-9-18(5-6-19(14)16-11-26-31(13-16)7-8-34-2)32-22-20(29-30-32)12-25-23(28-22)27-17-4-3-15(10-17)21(24)33/h5-6,9,11-13,15,17H,3-4,7-8,10H2,1-2H3,(H2,24,33)(H,25,27,28)/t15-,17-/m1/s1. The summed E-state index contributed by atoms with van der Waals surface area (Å²) in [6, 6.07) is 6.22. The fraction of sp³-hybridized carbons (Fsp3) is 0.391. The first kappa shape index (κ1) is 22.0. The zero-order chi connectivity index (χ0) is 23.7. The summed E-state index contributed by atoms with van der Waals surface area (Å²) in [5.41, 5.74) is 10.8. The average molecular weight is 462 g/mol. The van der Waals surface area contributed by atoms with Gasteiger partial charge in [-0.15, -0.1) is 5.10 Å². The van der Waals surface area contributed by atoms with Gasteiger partial charge in [0.2, 0.25) is 11.9 Å². The maximum Gasteiger partial charge on any atom is 0.225 e. The second-order valence-corrected chi connectivity index (χ2v) is 8.64. The van der Waals surface area contributed by atoms with Crippen LogP contribution in [0.25, 0.3) is 28.0 Å². The highest BCUT2D eigenvalue weighted by Gasteiger charge is 2.29. The van der Waals surface area contributed by atoms with E-state index >= 15 is 0 Å². The van der Waals surface area contributed by atoms with Crippen molar-refractivity contribution in [2.45, 2.75) is 38.8 Å². The normalized spacial score (nSPS) is 17.9. The number of nitrogens with two attached hydrogens (primary N) is 1. The number of methoxy groups -OCH3 is 1. The van der Waals surface area contributed by atoms with Gasteiger partial charge in [-0.3, -0.25) is 9.48 Å². The third-order valence-corrected chi connectivity index (χ3v) is 6.28. The molecule has 0 bridgehead atoms. The van der Waals surface area contributed by atoms with E-state index in [0.717, 1.165) is 35.2 Å². The third kappa shape index (κ3) is 4.34. The van der Waals surface area contributed by atoms with Gasteiger partial charge < -0.3 is 15.8 Å². The lowest BCUT2D eigenvalue weighted by Crippen LogP contribution is -2.23. The van der Waals surface area contributed by atoms with E-state index in [9.17, 15) is 4.79 Å². The largest absolute Gasteiger partial charge is 0.383 e. The molecular weight excluding hydrogens is 434 g/mol. The maximum absolute atomic E-state index is 11.5. The number of aryl methyl sites for hydroxylation is 1. The van der Waals surface area contributed by atoms with Gasteiger partial charge in [-0.1, -0.05) is 11.3 Å². The molecule has 3 N–H and O–H groups in total. The Morgan fingerprint density at radius 1 is 1.29 bits per heavy atom. The predicted molar refractivity (Wildman–Crippen MR) is 126 cm³/mol. The van der Waals surface area contributed by atoms with Crippen molar-refractivity contribution in [3.8, 4) is 16.8 Å². The Morgan fingerprint density at radius 2 is 2.18 bits per heavy atom. The summed E-state index contributed by atoms with van der Waals surface area (Å²) in [7, 11) is 1.68. The number of hydrogen-bond acceptors (Lipinski definition) is 8. The van der Waals surface area contributed by atoms with Crippen molar-refractivity contribution < 1.29 is 9.53 Å². The number of primary amides is 1. The molecule has 3 heterocycles. The summed E-state index contributed by atoms with van der Waals surface area (Å²) in [5.74, 6) is 0.147. The van der Waals surface area contributed by atoms with Crippen molar-refractivity contribution in [2.24, 2.45) is 11.7 Å². The predicted octanol–water partition coefficient (Wildman–Crippen LogP) is 2.09. The van der Waals surface area contributed by atoms with Gasteiger partial charge in [-0.2, -0.15) is 14.8 Å². The van der Waals surface area contributed by atoms with Gasteiger partial charge in [0.25, 0.3) is 0 Å². The van der Waals surface area contributed by atoms with Crippen molar-refractivity contribution in [3.05, 3.63) is 42.4 Å². The molecule has 0 radical (unpaired) electrons. The minimum atomic E-state index is -0.246. The molecule has 1 aromatic carbocycles. The minimum Gasteiger partial charge on any atom is -0.383 e. The molecule has 1 saturated carbocycles. The number of aromatic nitrogens is 7. The van der Waals surface area contributed by atoms with Crippen molar-refractivity contribution >= 4 is 23.0 Å². The van der Waals surface area contributed by atoms with Crippen LogP contribution in [0.1, 0.15) is 24.8 Å². The van der Waals surface area contributed by atoms with Crippen LogP contribution in [-0.2, 0) is 16.1 Å². The SMILES string of the molecule is COCCn1cc(-c2ccc(-n3nnc4cnc(N[C@@H]5CC[C@@H](C(N)=O)C5)nc43)cc2C)cn1. The van der Waals surface area contributed by atoms with Crippen molar-refractivity contribution in [1.82, 2.24) is 34.7 Å². The molecule has 11 nitrogen and oxygen atoms in total. The van der Waals surface area contributed by atoms with Gasteiger partial charge in [-0.25, -0.2) is 4.98 Å². The number of rotatable bonds is 8. The Hall–Kier alpha value is -3.86. The van der Waals surface area contributed by atoms with E-state index < -0.39 is 0 Å². The van der Waals surface area contributed by atoms with Crippen LogP contribution in [0.2, 0.25) is 0 Å². The van der Waals surface area contributed by atoms with Crippen LogP contribution in [0.4, 0.5) is 5.95 Å². The molecule has 176 valence electrons. The van der Waals surface area contributed by atoms with Gasteiger partial charge >= 0.3 is 0 Å². The number of ether oxygens (including phenoxy) is 1. The van der Waals surface area contributed by atoms with E-state index in [1.54, 1.807) is 18.0 Å². The Morgan fingerprint density at radius 3 is 2.94 bits per heavy atom. The summed E-state index contributed by atoms with van der Waals surface area (Å²) >= 11 is 0. The average Bonchev–Trinajstić information content (AvgIpc) is 3.57. The zero-order valence-corrected chi connectivity index (χ0v) is 19.2. The molecule has 1 amide bonds. The van der Waals surface area contributed by atoms with Gasteiger partial charge in [-0.05, 0) is 49.4 Å². The van der Waals surface area contributed by atoms with Gasteiger partial charge in [0.05, 0.1) is 31.2 Å². The van der Waals surface area contributed by atoms with Crippen LogP contribution in [0.5, 0.6) is 0 Å². The van der Waals surface area contributed by atoms with Gasteiger partial charge in [0, 0.05) is 30.8 Å². The summed E-state index contributed by atoms with van der Waals surface area (Å²) < 4.78 is 8.71. The number of benzene rings is 1. The smallest absolute Gasteiger partial charge is 0.225 e. The Labute approximate surface area is 196 Å². The second-order valence-electron chi connectivity index (χ2n) is 8.64. The van der Waals surface area contributed by atoms with E-state index in [1.807, 2.05) is 23.1 Å². The third-order valence-electron chi connectivity index (χ3n) is 6.28. The molecule has 0 unspecified atom stereocenters. The molecule has 0 aliphatic heterocycles. The van der Waals surface area contributed by atoms with E-state index in [1.165, 1.54) is 0 Å². The van der Waals surface area contributed by atoms with E-state index in [-0.39, 0.29) is 17.9 Å². The van der Waals surface area contributed by atoms with Crippen molar-refractivity contribution in [2.75, 3.05) is 19.0 Å². The molecular formula is C23H27N9O2. The first-order valence-electron chi connectivity index (χ1n) is 11.3. The molecule has 34 heavy (non-hydrogen) atoms. The fourth-order valence-electron chi connectivity index (χ4n) is 4.44. The summed E-state index contributed by atoms with van der Waals surface area (Å²) in [5, 5.41) is 16.3. The minimum absolute atomic E-state index is 0.0954. The lowest BCUT2D eigenvalue weighted by Gasteiger charge is -2.12. The number of amides is 1. The number of hydrogen-bond donors (Lipinski definition) is 2. The van der Waals surface area contributed by atoms with E-state index in [0.29, 0.717) is 36.7 Å². The summed E-state index contributed by atoms with van der Waals surface area (Å²) in [4.78, 5) is 20.5. The number of carbonyl (C=O) groups is 1. The molecule has 11 heteroatoms. The molecule has 1 fully saturated rings. The van der Waals surface area contributed by atoms with Crippen LogP contribution < -0.4 is 11.1 Å². The molecule has 3 aromatic heterocycles. The number of nitrogens with zero attached hydrogens (tertiary/aromatic N) is 7. The van der Waals surface area contributed by atoms with Crippen LogP contribution in [-0.4, -0.2) is 60.4 Å². The number of nitrogens with one attached hydrogen (secondary N) is 1. The molecule has 2 atom stereocenters. The quantitative estimate of drug-likeness (QED) is 0.407. The van der Waals surface area contributed by atoms with Crippen molar-refractivity contribution in [1.29, 1.82) is 0 Å². The highest BCUT2D eigenvalue weighted by molar-refractivity contribution is 5.77. The van der Waals surface area contributed by atoms with Gasteiger partial charge in [0.1, 0.15) is 0 Å². The Kier molecular flexibility index (Phi) is 5.93. The number of carbonyl (C=O) groups excluding carboxylic acids is 1. The van der Waals surface area contributed by atoms with Crippen LogP contribution >= 0.6 is 0 Å². The lowest BCUT2D eigenvalue weighted by molar-refractivity contribution is -0.121. The summed E-state index contributed by atoms with van der Waals surface area (Å²) in [6.45, 7) is 3.38. The molecule has 0 spiro atoms. The first-order chi connectivity index (χ1) is 16.5. The van der Waals surface area contributed by atoms with Crippen LogP contribution in [0.3, 0.4) is 0 Å². The van der Waals surface area contributed by atoms with Crippen LogP contribution in [0, 0.1) is 12.8 Å². The molecule has 1 aliphatic rings. The van der Waals surface area contributed by atoms with E-state index in [2.05, 4.69) is 49.8 Å². The Balaban J connectivity index is 1.38. The monoisotopic (exact) mass is 461 g/mol. The molecule has 0 saturated heterocycles. The molecule has 5 rings (SSSR count). The van der Waals surface area contributed by atoms with Gasteiger partial charge in [0.15, 0.2) is 11.2 Å². The highest BCUT2D eigenvalue weighted by Crippen LogP contribution is 2.28. The fourth-order valence-corrected chi connectivity index (χ4v) is 4.44. The topological polar surface area (TPSA) is 139 Å². The number of anilines is 1. The second kappa shape index (κ2) is 9.18. The first-order valence-corrected chi connectivity index (χ1v) is 11.3. The number of fused-ring (bicyclic) bond motifs is 1. The Bertz CT molecular complexity index is 1330. The van der Waals surface area contributed by atoms with Crippen molar-refractivity contribution in [3.63, 3.8) is 0 Å². The maximum atomic E-state index is 11.5. The zero-order valence-electron chi connectivity index (χ0n) is 19.2. The van der Waals surface area contributed by atoms with Crippen LogP contribution in [0.15, 0.2) is 36.8 Å². The molecule has 4 aromatic rings.